The van der Waals surface area contributed by atoms with Crippen LogP contribution in [0.1, 0.15) is 16.1 Å². The number of morpholine rings is 1. The molecule has 24 heavy (non-hydrogen) atoms. The predicted molar refractivity (Wildman–Crippen MR) is 78.1 cm³/mol. The van der Waals surface area contributed by atoms with Crippen LogP contribution >= 0.6 is 0 Å². The Morgan fingerprint density at radius 3 is 2.79 bits per heavy atom. The van der Waals surface area contributed by atoms with E-state index in [0.717, 1.165) is 4.90 Å². The summed E-state index contributed by atoms with van der Waals surface area (Å²) in [4.78, 5) is 18.0. The maximum absolute atomic E-state index is 13.4. The Kier molecular flexibility index (Phi) is 4.16. The van der Waals surface area contributed by atoms with Crippen molar-refractivity contribution in [1.82, 2.24) is 9.88 Å². The lowest BCUT2D eigenvalue weighted by Crippen LogP contribution is -2.51. The van der Waals surface area contributed by atoms with E-state index in [-0.39, 0.29) is 18.7 Å². The second-order valence-corrected chi connectivity index (χ2v) is 5.62. The standard InChI is InChI=1S/C16H14F4N2O2/c1-9-6-12(11-3-2-10(17)7-13(11)21-9)15(23)22-4-5-24-14(8-22)16(18,19)20/h2-3,6-7,14H,4-5,8H2,1H3. The summed E-state index contributed by atoms with van der Waals surface area (Å²) in [5.74, 6) is -1.04. The van der Waals surface area contributed by atoms with Crippen LogP contribution < -0.4 is 0 Å². The van der Waals surface area contributed by atoms with Crippen molar-refractivity contribution in [2.24, 2.45) is 0 Å². The lowest BCUT2D eigenvalue weighted by atomic mass is 10.1. The van der Waals surface area contributed by atoms with E-state index in [9.17, 15) is 22.4 Å². The summed E-state index contributed by atoms with van der Waals surface area (Å²) in [6, 6.07) is 5.29. The topological polar surface area (TPSA) is 42.4 Å². The number of aromatic nitrogens is 1. The van der Waals surface area contributed by atoms with E-state index in [1.54, 1.807) is 6.92 Å². The fourth-order valence-electron chi connectivity index (χ4n) is 2.71. The summed E-state index contributed by atoms with van der Waals surface area (Å²) in [7, 11) is 0. The van der Waals surface area contributed by atoms with Crippen LogP contribution in [0.5, 0.6) is 0 Å². The largest absolute Gasteiger partial charge is 0.416 e. The molecule has 4 nitrogen and oxygen atoms in total. The Balaban J connectivity index is 1.96. The quantitative estimate of drug-likeness (QED) is 0.748. The Hall–Kier alpha value is -2.22. The van der Waals surface area contributed by atoms with E-state index in [1.807, 2.05) is 0 Å². The van der Waals surface area contributed by atoms with E-state index < -0.39 is 30.5 Å². The molecule has 1 aliphatic heterocycles. The van der Waals surface area contributed by atoms with E-state index in [1.165, 1.54) is 24.3 Å². The van der Waals surface area contributed by atoms with Gasteiger partial charge in [0.2, 0.25) is 0 Å². The molecule has 3 rings (SSSR count). The van der Waals surface area contributed by atoms with Crippen LogP contribution in [0.4, 0.5) is 17.6 Å². The minimum absolute atomic E-state index is 0.0650. The van der Waals surface area contributed by atoms with Gasteiger partial charge >= 0.3 is 6.18 Å². The van der Waals surface area contributed by atoms with Crippen LogP contribution in [0.3, 0.4) is 0 Å². The lowest BCUT2D eigenvalue weighted by Gasteiger charge is -2.34. The van der Waals surface area contributed by atoms with E-state index in [0.29, 0.717) is 16.6 Å². The van der Waals surface area contributed by atoms with Gasteiger partial charge in [0.15, 0.2) is 6.10 Å². The average molecular weight is 342 g/mol. The molecule has 0 spiro atoms. The summed E-state index contributed by atoms with van der Waals surface area (Å²) in [6.45, 7) is 0.952. The van der Waals surface area contributed by atoms with Crippen LogP contribution in [0.2, 0.25) is 0 Å². The van der Waals surface area contributed by atoms with Gasteiger partial charge in [-0.1, -0.05) is 0 Å². The van der Waals surface area contributed by atoms with E-state index in [4.69, 9.17) is 4.74 Å². The highest BCUT2D eigenvalue weighted by molar-refractivity contribution is 6.06. The molecule has 1 atom stereocenters. The molecule has 0 aliphatic carbocycles. The van der Waals surface area contributed by atoms with Gasteiger partial charge in [0, 0.05) is 23.7 Å². The van der Waals surface area contributed by atoms with Crippen molar-refractivity contribution in [1.29, 1.82) is 0 Å². The molecule has 1 aromatic carbocycles. The molecule has 2 heterocycles. The number of amides is 1. The first kappa shape index (κ1) is 16.6. The average Bonchev–Trinajstić information content (AvgIpc) is 2.52. The lowest BCUT2D eigenvalue weighted by molar-refractivity contribution is -0.233. The molecule has 1 aliphatic rings. The maximum atomic E-state index is 13.4. The third kappa shape index (κ3) is 3.19. The van der Waals surface area contributed by atoms with Gasteiger partial charge in [-0.05, 0) is 25.1 Å². The van der Waals surface area contributed by atoms with Crippen molar-refractivity contribution in [3.8, 4) is 0 Å². The number of fused-ring (bicyclic) bond motifs is 1. The molecule has 128 valence electrons. The highest BCUT2D eigenvalue weighted by Gasteiger charge is 2.44. The Bertz CT molecular complexity index is 786. The van der Waals surface area contributed by atoms with Crippen LogP contribution in [0.25, 0.3) is 10.9 Å². The first-order valence-corrected chi connectivity index (χ1v) is 7.30. The van der Waals surface area contributed by atoms with Crippen LogP contribution in [-0.4, -0.2) is 47.8 Å². The molecule has 0 N–H and O–H groups in total. The van der Waals surface area contributed by atoms with Gasteiger partial charge in [-0.25, -0.2) is 4.39 Å². The van der Waals surface area contributed by atoms with Gasteiger partial charge in [-0.3, -0.25) is 9.78 Å². The zero-order valence-corrected chi connectivity index (χ0v) is 12.7. The second kappa shape index (κ2) is 6.01. The summed E-state index contributed by atoms with van der Waals surface area (Å²) >= 11 is 0. The summed E-state index contributed by atoms with van der Waals surface area (Å²) in [6.07, 6.45) is -6.53. The van der Waals surface area contributed by atoms with Gasteiger partial charge in [0.25, 0.3) is 5.91 Å². The van der Waals surface area contributed by atoms with Crippen LogP contribution in [0, 0.1) is 12.7 Å². The highest BCUT2D eigenvalue weighted by atomic mass is 19.4. The molecular weight excluding hydrogens is 328 g/mol. The summed E-state index contributed by atoms with van der Waals surface area (Å²) in [5.41, 5.74) is 0.983. The Morgan fingerprint density at radius 1 is 1.33 bits per heavy atom. The Morgan fingerprint density at radius 2 is 2.08 bits per heavy atom. The molecule has 0 radical (unpaired) electrons. The number of nitrogens with zero attached hydrogens (tertiary/aromatic N) is 2. The number of carbonyl (C=O) groups excluding carboxylic acids is 1. The first-order chi connectivity index (χ1) is 11.3. The minimum Gasteiger partial charge on any atom is -0.365 e. The van der Waals surface area contributed by atoms with Crippen molar-refractivity contribution >= 4 is 16.8 Å². The molecule has 1 fully saturated rings. The third-order valence-corrected chi connectivity index (χ3v) is 3.85. The van der Waals surface area contributed by atoms with Gasteiger partial charge in [-0.15, -0.1) is 0 Å². The van der Waals surface area contributed by atoms with E-state index in [2.05, 4.69) is 4.98 Å². The number of carbonyl (C=O) groups is 1. The van der Waals surface area contributed by atoms with Crippen molar-refractivity contribution in [3.63, 3.8) is 0 Å². The van der Waals surface area contributed by atoms with Crippen molar-refractivity contribution < 1.29 is 27.1 Å². The predicted octanol–water partition coefficient (Wildman–Crippen LogP) is 3.09. The molecule has 1 unspecified atom stereocenters. The second-order valence-electron chi connectivity index (χ2n) is 5.62. The molecule has 1 amide bonds. The smallest absolute Gasteiger partial charge is 0.365 e. The van der Waals surface area contributed by atoms with E-state index >= 15 is 0 Å². The number of halogens is 4. The van der Waals surface area contributed by atoms with Crippen molar-refractivity contribution in [2.45, 2.75) is 19.2 Å². The molecule has 0 saturated carbocycles. The number of hydrogen-bond donors (Lipinski definition) is 0. The van der Waals surface area contributed by atoms with Gasteiger partial charge in [0.1, 0.15) is 5.82 Å². The summed E-state index contributed by atoms with van der Waals surface area (Å²) in [5, 5.41) is 0.405. The molecule has 0 bridgehead atoms. The highest BCUT2D eigenvalue weighted by Crippen LogP contribution is 2.27. The van der Waals surface area contributed by atoms with Gasteiger partial charge in [-0.2, -0.15) is 13.2 Å². The van der Waals surface area contributed by atoms with Crippen LogP contribution in [-0.2, 0) is 4.74 Å². The zero-order valence-electron chi connectivity index (χ0n) is 12.7. The van der Waals surface area contributed by atoms with Crippen molar-refractivity contribution in [2.75, 3.05) is 19.7 Å². The fraction of sp³-hybridized carbons (Fsp3) is 0.375. The number of benzene rings is 1. The molecule has 8 heteroatoms. The number of rotatable bonds is 1. The number of hydrogen-bond acceptors (Lipinski definition) is 3. The fourth-order valence-corrected chi connectivity index (χ4v) is 2.71. The number of alkyl halides is 3. The first-order valence-electron chi connectivity index (χ1n) is 7.30. The minimum atomic E-state index is -4.53. The Labute approximate surface area is 135 Å². The molecule has 2 aromatic rings. The normalized spacial score (nSPS) is 18.9. The SMILES string of the molecule is Cc1cc(C(=O)N2CCOC(C(F)(F)F)C2)c2ccc(F)cc2n1. The molecular formula is C16H14F4N2O2. The van der Waals surface area contributed by atoms with Crippen LogP contribution in [0.15, 0.2) is 24.3 Å². The molecule has 1 aromatic heterocycles. The number of pyridine rings is 1. The number of ether oxygens (including phenoxy) is 1. The monoisotopic (exact) mass is 342 g/mol. The third-order valence-electron chi connectivity index (χ3n) is 3.85. The summed E-state index contributed by atoms with van der Waals surface area (Å²) < 4.78 is 56.5. The molecule has 1 saturated heterocycles. The zero-order chi connectivity index (χ0) is 17.5. The maximum Gasteiger partial charge on any atom is 0.416 e. The van der Waals surface area contributed by atoms with Gasteiger partial charge < -0.3 is 9.64 Å². The van der Waals surface area contributed by atoms with Gasteiger partial charge in [0.05, 0.1) is 24.2 Å². The van der Waals surface area contributed by atoms with Crippen molar-refractivity contribution in [3.05, 3.63) is 41.3 Å². The number of aryl methyl sites for hydroxylation is 1.